The van der Waals surface area contributed by atoms with Gasteiger partial charge in [-0.05, 0) is 37.3 Å². The van der Waals surface area contributed by atoms with Gasteiger partial charge in [-0.3, -0.25) is 4.72 Å². The first-order chi connectivity index (χ1) is 9.42. The van der Waals surface area contributed by atoms with E-state index in [1.54, 1.807) is 36.4 Å². The lowest BCUT2D eigenvalue weighted by molar-refractivity contribution is 0.601. The molecule has 0 amide bonds. The Hall–Kier alpha value is -1.96. The number of nitrogens with one attached hydrogen (secondary N) is 1. The molecule has 0 atom stereocenters. The summed E-state index contributed by atoms with van der Waals surface area (Å²) < 4.78 is 27.0. The van der Waals surface area contributed by atoms with Gasteiger partial charge >= 0.3 is 0 Å². The quantitative estimate of drug-likeness (QED) is 0.883. The molecule has 102 valence electrons. The molecule has 0 spiro atoms. The first-order valence-electron chi connectivity index (χ1n) is 5.78. The van der Waals surface area contributed by atoms with Gasteiger partial charge in [0.1, 0.15) is 0 Å². The smallest absolute Gasteiger partial charge is 0.261 e. The van der Waals surface area contributed by atoms with Crippen molar-refractivity contribution in [1.82, 2.24) is 0 Å². The number of halogens is 1. The van der Waals surface area contributed by atoms with E-state index in [1.165, 1.54) is 6.07 Å². The van der Waals surface area contributed by atoms with Crippen molar-refractivity contribution in [2.24, 2.45) is 0 Å². The Morgan fingerprint density at radius 1 is 1.15 bits per heavy atom. The van der Waals surface area contributed by atoms with Crippen LogP contribution in [0, 0.1) is 19.3 Å². The zero-order chi connectivity index (χ0) is 14.8. The van der Waals surface area contributed by atoms with Gasteiger partial charge in [-0.15, -0.1) is 6.42 Å². The maximum Gasteiger partial charge on any atom is 0.261 e. The van der Waals surface area contributed by atoms with Crippen LogP contribution in [0.15, 0.2) is 47.4 Å². The van der Waals surface area contributed by atoms with Gasteiger partial charge in [0.25, 0.3) is 10.0 Å². The largest absolute Gasteiger partial charge is 0.278 e. The van der Waals surface area contributed by atoms with E-state index in [-0.39, 0.29) is 4.90 Å². The van der Waals surface area contributed by atoms with Crippen LogP contribution in [0.3, 0.4) is 0 Å². The molecule has 0 unspecified atom stereocenters. The molecule has 0 radical (unpaired) electrons. The van der Waals surface area contributed by atoms with E-state index in [0.29, 0.717) is 16.3 Å². The number of rotatable bonds is 3. The van der Waals surface area contributed by atoms with Gasteiger partial charge < -0.3 is 0 Å². The molecular formula is C15H12ClNO2S. The van der Waals surface area contributed by atoms with Crippen molar-refractivity contribution in [3.05, 3.63) is 58.6 Å². The minimum Gasteiger partial charge on any atom is -0.278 e. The predicted octanol–water partition coefficient (Wildman–Crippen LogP) is 3.43. The van der Waals surface area contributed by atoms with Crippen LogP contribution in [0.2, 0.25) is 5.02 Å². The molecule has 20 heavy (non-hydrogen) atoms. The minimum absolute atomic E-state index is 0.182. The van der Waals surface area contributed by atoms with Crippen molar-refractivity contribution in [3.8, 4) is 12.3 Å². The molecule has 2 aromatic carbocycles. The normalized spacial score (nSPS) is 10.8. The summed E-state index contributed by atoms with van der Waals surface area (Å²) in [4.78, 5) is 0.182. The number of anilines is 1. The number of sulfonamides is 1. The fourth-order valence-electron chi connectivity index (χ4n) is 1.65. The number of aryl methyl sites for hydroxylation is 1. The highest BCUT2D eigenvalue weighted by Crippen LogP contribution is 2.23. The molecule has 1 N–H and O–H groups in total. The van der Waals surface area contributed by atoms with Gasteiger partial charge in [0.05, 0.1) is 10.6 Å². The molecule has 2 rings (SSSR count). The zero-order valence-electron chi connectivity index (χ0n) is 10.7. The summed E-state index contributed by atoms with van der Waals surface area (Å²) >= 11 is 5.83. The van der Waals surface area contributed by atoms with E-state index in [4.69, 9.17) is 18.0 Å². The molecule has 0 aliphatic rings. The van der Waals surface area contributed by atoms with Crippen molar-refractivity contribution in [2.75, 3.05) is 4.72 Å². The van der Waals surface area contributed by atoms with E-state index < -0.39 is 10.0 Å². The SMILES string of the molecule is C#Cc1cc(Cl)ccc1NS(=O)(=O)c1ccc(C)cc1. The van der Waals surface area contributed by atoms with Crippen molar-refractivity contribution in [3.63, 3.8) is 0 Å². The third-order valence-electron chi connectivity index (χ3n) is 2.71. The van der Waals surface area contributed by atoms with E-state index in [1.807, 2.05) is 6.92 Å². The minimum atomic E-state index is -3.66. The summed E-state index contributed by atoms with van der Waals surface area (Å²) in [6.45, 7) is 1.89. The molecule has 3 nitrogen and oxygen atoms in total. The molecular weight excluding hydrogens is 294 g/mol. The van der Waals surface area contributed by atoms with Gasteiger partial charge in [-0.25, -0.2) is 8.42 Å². The Balaban J connectivity index is 2.39. The standard InChI is InChI=1S/C15H12ClNO2S/c1-3-12-10-13(16)6-9-15(12)17-20(18,19)14-7-4-11(2)5-8-14/h1,4-10,17H,2H3. The van der Waals surface area contributed by atoms with Gasteiger partial charge in [-0.1, -0.05) is 35.2 Å². The van der Waals surface area contributed by atoms with E-state index in [0.717, 1.165) is 5.56 Å². The molecule has 5 heteroatoms. The Morgan fingerprint density at radius 3 is 2.40 bits per heavy atom. The molecule has 0 aromatic heterocycles. The van der Waals surface area contributed by atoms with Crippen LogP contribution in [0.4, 0.5) is 5.69 Å². The van der Waals surface area contributed by atoms with E-state index in [9.17, 15) is 8.42 Å². The Bertz CT molecular complexity index is 775. The van der Waals surface area contributed by atoms with Crippen LogP contribution in [0.5, 0.6) is 0 Å². The van der Waals surface area contributed by atoms with Crippen LogP contribution < -0.4 is 4.72 Å². The second-order valence-electron chi connectivity index (χ2n) is 4.25. The van der Waals surface area contributed by atoms with Crippen molar-refractivity contribution in [1.29, 1.82) is 0 Å². The maximum atomic E-state index is 12.3. The fourth-order valence-corrected chi connectivity index (χ4v) is 2.90. The van der Waals surface area contributed by atoms with E-state index >= 15 is 0 Å². The summed E-state index contributed by atoms with van der Waals surface area (Å²) in [5, 5.41) is 0.455. The van der Waals surface area contributed by atoms with Crippen LogP contribution in [-0.4, -0.2) is 8.42 Å². The summed E-state index contributed by atoms with van der Waals surface area (Å²) in [5.74, 6) is 2.41. The van der Waals surface area contributed by atoms with Crippen molar-refractivity contribution >= 4 is 27.3 Å². The molecule has 0 fully saturated rings. The molecule has 0 saturated carbocycles. The van der Waals surface area contributed by atoms with Crippen molar-refractivity contribution < 1.29 is 8.42 Å². The summed E-state index contributed by atoms with van der Waals surface area (Å²) in [7, 11) is -3.66. The third-order valence-corrected chi connectivity index (χ3v) is 4.33. The lowest BCUT2D eigenvalue weighted by Crippen LogP contribution is -2.13. The number of terminal acetylenes is 1. The summed E-state index contributed by atoms with van der Waals surface area (Å²) in [6.07, 6.45) is 5.35. The zero-order valence-corrected chi connectivity index (χ0v) is 12.3. The maximum absolute atomic E-state index is 12.3. The number of hydrogen-bond donors (Lipinski definition) is 1. The van der Waals surface area contributed by atoms with Gasteiger partial charge in [0, 0.05) is 10.6 Å². The highest BCUT2D eigenvalue weighted by Gasteiger charge is 2.15. The lowest BCUT2D eigenvalue weighted by Gasteiger charge is -2.10. The third kappa shape index (κ3) is 3.13. The van der Waals surface area contributed by atoms with Crippen LogP contribution in [0.25, 0.3) is 0 Å². The highest BCUT2D eigenvalue weighted by atomic mass is 35.5. The number of benzene rings is 2. The highest BCUT2D eigenvalue weighted by molar-refractivity contribution is 7.92. The van der Waals surface area contributed by atoms with Gasteiger partial charge in [-0.2, -0.15) is 0 Å². The molecule has 0 aliphatic carbocycles. The monoisotopic (exact) mass is 305 g/mol. The molecule has 2 aromatic rings. The summed E-state index contributed by atoms with van der Waals surface area (Å²) in [5.41, 5.74) is 1.71. The van der Waals surface area contributed by atoms with Gasteiger partial charge in [0.15, 0.2) is 0 Å². The van der Waals surface area contributed by atoms with E-state index in [2.05, 4.69) is 10.6 Å². The topological polar surface area (TPSA) is 46.2 Å². The predicted molar refractivity (Wildman–Crippen MR) is 81.4 cm³/mol. The van der Waals surface area contributed by atoms with Crippen LogP contribution in [-0.2, 0) is 10.0 Å². The van der Waals surface area contributed by atoms with Crippen LogP contribution in [0.1, 0.15) is 11.1 Å². The second kappa shape index (κ2) is 5.58. The molecule has 0 saturated heterocycles. The summed E-state index contributed by atoms with van der Waals surface area (Å²) in [6, 6.07) is 11.2. The lowest BCUT2D eigenvalue weighted by atomic mass is 10.2. The molecule has 0 heterocycles. The second-order valence-corrected chi connectivity index (χ2v) is 6.37. The molecule has 0 bridgehead atoms. The Kier molecular flexibility index (Phi) is 4.03. The van der Waals surface area contributed by atoms with Crippen molar-refractivity contribution in [2.45, 2.75) is 11.8 Å². The average molecular weight is 306 g/mol. The first-order valence-corrected chi connectivity index (χ1v) is 7.64. The molecule has 0 aliphatic heterocycles. The Labute approximate surface area is 123 Å². The van der Waals surface area contributed by atoms with Gasteiger partial charge in [0.2, 0.25) is 0 Å². The number of hydrogen-bond acceptors (Lipinski definition) is 2. The average Bonchev–Trinajstić information content (AvgIpc) is 2.41. The first kappa shape index (κ1) is 14.4. The Morgan fingerprint density at radius 2 is 1.80 bits per heavy atom. The van der Waals surface area contributed by atoms with Crippen LogP contribution >= 0.6 is 11.6 Å². The fraction of sp³-hybridized carbons (Fsp3) is 0.0667.